The van der Waals surface area contributed by atoms with E-state index in [0.29, 0.717) is 12.8 Å². The number of rotatable bonds is 41. The number of Topliss-reactive ketones (excluding diaryl/α,β-unsaturated/α-hetero) is 1. The highest BCUT2D eigenvalue weighted by atomic mass is 31.2. The van der Waals surface area contributed by atoms with E-state index in [4.69, 9.17) is 96.1 Å². The van der Waals surface area contributed by atoms with E-state index >= 15 is 4.57 Å². The third-order valence-corrected chi connectivity index (χ3v) is 24.0. The van der Waals surface area contributed by atoms with Crippen molar-refractivity contribution >= 4 is 67.2 Å². The molecule has 0 aromatic heterocycles. The van der Waals surface area contributed by atoms with E-state index in [-0.39, 0.29) is 42.9 Å². The number of amides is 5. The van der Waals surface area contributed by atoms with Gasteiger partial charge in [-0.25, -0.2) is 14.2 Å². The fourth-order valence-corrected chi connectivity index (χ4v) is 16.2. The number of methoxy groups -OCH3 is 1. The summed E-state index contributed by atoms with van der Waals surface area (Å²) in [5.74, 6) is -11.8. The second-order valence-corrected chi connectivity index (χ2v) is 34.9. The number of hydrogen-bond acceptors (Lipinski definition) is 31. The Hall–Kier alpha value is -7.39. The molecule has 5 aliphatic heterocycles. The highest BCUT2D eigenvalue weighted by Gasteiger charge is 2.62. The maximum absolute atomic E-state index is 15.1. The fourth-order valence-electron chi connectivity index (χ4n) is 15.2. The number of nitrogens with one attached hydrogen (secondary N) is 3. The van der Waals surface area contributed by atoms with Crippen LogP contribution in [0.4, 0.5) is 4.79 Å². The molecule has 6 rings (SSSR count). The Balaban J connectivity index is 1.34. The fraction of sp³-hybridized carbons (Fsp3) is 0.735. The van der Waals surface area contributed by atoms with Crippen molar-refractivity contribution in [3.8, 4) is 0 Å². The lowest BCUT2D eigenvalue weighted by Gasteiger charge is -2.52. The number of phosphoric ester groups is 1. The average Bonchev–Trinajstić information content (AvgIpc) is 0.838. The Kier molecular flexibility index (Phi) is 38.7. The molecule has 5 fully saturated rings. The molecule has 5 amide bonds. The van der Waals surface area contributed by atoms with E-state index in [1.807, 2.05) is 6.92 Å². The molecule has 0 bridgehead atoms. The summed E-state index contributed by atoms with van der Waals surface area (Å²) in [4.78, 5) is 132. The minimum Gasteiger partial charge on any atom is -0.510 e. The molecule has 27 atom stereocenters. The van der Waals surface area contributed by atoms with Gasteiger partial charge in [-0.2, -0.15) is 0 Å². The van der Waals surface area contributed by atoms with Gasteiger partial charge in [-0.1, -0.05) is 115 Å². The van der Waals surface area contributed by atoms with Crippen molar-refractivity contribution < 1.29 is 147 Å². The molecule has 0 radical (unpaired) electrons. The maximum Gasteiger partial charge on any atom is 0.477 e. The van der Waals surface area contributed by atoms with E-state index in [1.54, 1.807) is 54.5 Å². The van der Waals surface area contributed by atoms with Crippen LogP contribution in [0.2, 0.25) is 0 Å². The van der Waals surface area contributed by atoms with Crippen LogP contribution in [-0.2, 0) is 132 Å². The van der Waals surface area contributed by atoms with Gasteiger partial charge in [-0.05, 0) is 104 Å². The topological polar surface area (TPSA) is 482 Å². The van der Waals surface area contributed by atoms with Gasteiger partial charge in [0, 0.05) is 78.2 Å². The van der Waals surface area contributed by atoms with Crippen LogP contribution in [0.5, 0.6) is 0 Å². The van der Waals surface area contributed by atoms with Crippen LogP contribution in [0.25, 0.3) is 0 Å². The van der Waals surface area contributed by atoms with Gasteiger partial charge in [-0.15, -0.1) is 0 Å². The average molecular weight is 1720 g/mol. The molecular weight excluding hydrogens is 1590 g/mol. The van der Waals surface area contributed by atoms with Crippen molar-refractivity contribution in [2.24, 2.45) is 52.4 Å². The zero-order chi connectivity index (χ0) is 89.7. The van der Waals surface area contributed by atoms with Crippen molar-refractivity contribution in [3.05, 3.63) is 70.7 Å². The summed E-state index contributed by atoms with van der Waals surface area (Å²) in [6.07, 6.45) is -12.1. The predicted molar refractivity (Wildman–Crippen MR) is 429 cm³/mol. The Morgan fingerprint density at radius 1 is 0.650 bits per heavy atom. The Morgan fingerprint density at radius 2 is 1.23 bits per heavy atom. The first-order valence-electron chi connectivity index (χ1n) is 40.7. The third-order valence-electron chi connectivity index (χ3n) is 22.6. The maximum atomic E-state index is 15.1. The van der Waals surface area contributed by atoms with E-state index in [2.05, 4.69) is 81.5 Å². The number of aliphatic hydroxyl groups is 2. The van der Waals surface area contributed by atoms with Gasteiger partial charge in [0.25, 0.3) is 5.91 Å². The van der Waals surface area contributed by atoms with Gasteiger partial charge >= 0.3 is 37.8 Å². The molecule has 120 heavy (non-hydrogen) atoms. The minimum absolute atomic E-state index is 0.0184. The molecular formula is C83H130N5O31P. The Labute approximate surface area is 703 Å². The highest BCUT2D eigenvalue weighted by Crippen LogP contribution is 2.53. The van der Waals surface area contributed by atoms with Gasteiger partial charge in [0.2, 0.25) is 17.7 Å². The lowest BCUT2D eigenvalue weighted by Crippen LogP contribution is -2.71. The number of carbonyl (C=O) groups is 10. The largest absolute Gasteiger partial charge is 0.510 e. The summed E-state index contributed by atoms with van der Waals surface area (Å²) in [6.45, 7) is 33.5. The molecule has 5 saturated heterocycles. The Morgan fingerprint density at radius 3 is 1.79 bits per heavy atom. The summed E-state index contributed by atoms with van der Waals surface area (Å²) in [6, 6.07) is -2.72. The first kappa shape index (κ1) is 101. The summed E-state index contributed by atoms with van der Waals surface area (Å²) in [5.41, 5.74) is 13.1. The molecule has 1 aliphatic carbocycles. The number of phosphoric acid groups is 1. The summed E-state index contributed by atoms with van der Waals surface area (Å²) >= 11 is 0. The smallest absolute Gasteiger partial charge is 0.477 e. The SMILES string of the molecule is C=C(C/C=C(\C)CCC=C(C)C)CCC(C)(C)/C=C/CC/C(C)=C\CO[C@H](COP(=O)(OC)O[C@@H]1OC(C(N)=O)[C@@](C)(O)[C@H](OC(N)=O)C1O[C@@H]1OC(CO[C@@H]2OC(COC(C)=O)[C@H](C)[C@H](C)C2OC(C)=O)[C@H](O[C@@H]2OC(C)[C@H](O[C@@H]3OC(C(=O)NC4=C(O)CCC4=O)[C@H](C)[C@H](C)C3OC(C)=O)[C@H](C)C2NC(C)=O)[C@H](C)C1NC(C)=O)C(=O)OC. The zero-order valence-electron chi connectivity index (χ0n) is 73.1. The number of hydrogen-bond donors (Lipinski definition) is 7. The van der Waals surface area contributed by atoms with E-state index in [0.717, 1.165) is 65.7 Å². The second kappa shape index (κ2) is 45.8. The van der Waals surface area contributed by atoms with Gasteiger partial charge in [0.05, 0.1) is 63.4 Å². The van der Waals surface area contributed by atoms with Crippen LogP contribution >= 0.6 is 7.82 Å². The van der Waals surface area contributed by atoms with Crippen molar-refractivity contribution in [2.45, 2.75) is 312 Å². The molecule has 0 spiro atoms. The van der Waals surface area contributed by atoms with Gasteiger partial charge in [0.15, 0.2) is 73.9 Å². The number of aliphatic hydroxyl groups excluding tert-OH is 1. The number of esters is 4. The van der Waals surface area contributed by atoms with Crippen LogP contribution in [0, 0.1) is 40.9 Å². The monoisotopic (exact) mass is 1720 g/mol. The first-order chi connectivity index (χ1) is 56.1. The minimum atomic E-state index is -5.24. The molecule has 11 unspecified atom stereocenters. The standard InChI is InChI=1S/C83H130N5O31P/c1-41(2)26-25-28-42(3)29-30-44(5)33-36-82(18,19)35-24-23-27-43(4)34-37-104-61(75(98)102-21)40-107-120(101,103-22)119-80-70(71(118-81(85)99)83(20,100)72(117-80)73(84)96)116-77-63(87-53(14)90)50(11)66(60(112-77)39-106-78-68(109-55(16)92)46(7)45(6)59(111-78)38-105-54(15)91)114-76-62(86-52(13)89)49(10)65(51(12)108-76)113-79-69(110-56(17)93)48(9)47(8)67(115-79)74(97)88-64-57(94)31-32-58(64)95/h24,26,29,34-35,45-51,59-63,65-72,76-80,94,100H,5,23,25,27-28,30-33,36-40H2,1-4,6-22H3,(H2,84,96)(H2,85,99)(H,86,89)(H,87,90)(H,88,97)/b35-24+,42-29+,43-34-/t45-,46+,47-,48+,49-,50-,51?,59?,60?,61-,62?,63?,65-,66-,67?,68?,69?,70?,71-,72?,76+,77+,78-,79-,80+,83+,120?/m1/s1. The molecule has 37 heteroatoms. The number of ketones is 1. The summed E-state index contributed by atoms with van der Waals surface area (Å²) in [7, 11) is -3.28. The molecule has 0 aromatic rings. The molecule has 9 N–H and O–H groups in total. The molecule has 5 heterocycles. The molecule has 36 nitrogen and oxygen atoms in total. The lowest BCUT2D eigenvalue weighted by molar-refractivity contribution is -0.367. The molecule has 0 aromatic carbocycles. The number of allylic oxidation sites excluding steroid dienone is 10. The van der Waals surface area contributed by atoms with Gasteiger partial charge in [-0.3, -0.25) is 51.9 Å². The van der Waals surface area contributed by atoms with Crippen LogP contribution in [0.15, 0.2) is 70.7 Å². The third kappa shape index (κ3) is 28.9. The molecule has 6 aliphatic rings. The lowest BCUT2D eigenvalue weighted by atomic mass is 9.82. The molecule has 678 valence electrons. The number of nitrogens with two attached hydrogens (primary N) is 2. The van der Waals surface area contributed by atoms with Crippen LogP contribution in [-0.4, -0.2) is 233 Å². The van der Waals surface area contributed by atoms with Gasteiger partial charge in [0.1, 0.15) is 35.9 Å². The number of carbonyl (C=O) groups excluding carboxylic acids is 10. The predicted octanol–water partition coefficient (Wildman–Crippen LogP) is 8.08. The van der Waals surface area contributed by atoms with Crippen LogP contribution in [0.1, 0.15) is 189 Å². The van der Waals surface area contributed by atoms with Gasteiger partial charge < -0.3 is 109 Å². The quantitative estimate of drug-likeness (QED) is 0.0132. The summed E-state index contributed by atoms with van der Waals surface area (Å²) in [5, 5.41) is 31.1. The summed E-state index contributed by atoms with van der Waals surface area (Å²) < 4.78 is 125. The van der Waals surface area contributed by atoms with E-state index < -0.39 is 238 Å². The van der Waals surface area contributed by atoms with E-state index in [9.17, 15) is 58.2 Å². The number of ether oxygens (including phenoxy) is 15. The normalized spacial score (nSPS) is 33.2. The Bertz CT molecular complexity index is 3780. The zero-order valence-corrected chi connectivity index (χ0v) is 73.9. The second-order valence-electron chi connectivity index (χ2n) is 33.2. The van der Waals surface area contributed by atoms with Crippen LogP contribution in [0.3, 0.4) is 0 Å². The van der Waals surface area contributed by atoms with Crippen molar-refractivity contribution in [2.75, 3.05) is 40.6 Å². The van der Waals surface area contributed by atoms with Crippen molar-refractivity contribution in [1.29, 1.82) is 0 Å². The van der Waals surface area contributed by atoms with Crippen molar-refractivity contribution in [3.63, 3.8) is 0 Å². The number of primary amides is 2. The van der Waals surface area contributed by atoms with Crippen LogP contribution < -0.4 is 27.4 Å². The molecule has 0 saturated carbocycles. The van der Waals surface area contributed by atoms with E-state index in [1.165, 1.54) is 44.4 Å². The van der Waals surface area contributed by atoms with Crippen molar-refractivity contribution in [1.82, 2.24) is 16.0 Å². The highest BCUT2D eigenvalue weighted by molar-refractivity contribution is 7.48. The first-order valence-corrected chi connectivity index (χ1v) is 42.2.